The van der Waals surface area contributed by atoms with Gasteiger partial charge in [0.1, 0.15) is 0 Å². The summed E-state index contributed by atoms with van der Waals surface area (Å²) >= 11 is 0. The van der Waals surface area contributed by atoms with Gasteiger partial charge in [-0.25, -0.2) is 0 Å². The average molecular weight is 332 g/mol. The number of carbonyl (C=O) groups excluding carboxylic acids is 1. The molecular formula is C19H28N2O3. The summed E-state index contributed by atoms with van der Waals surface area (Å²) in [5, 5.41) is 3.08. The maximum atomic E-state index is 12.5. The molecule has 1 aliphatic heterocycles. The van der Waals surface area contributed by atoms with Crippen molar-refractivity contribution in [1.82, 2.24) is 4.90 Å². The number of para-hydroxylation sites is 1. The molecule has 2 aliphatic rings. The molecular weight excluding hydrogens is 304 g/mol. The molecule has 1 aliphatic carbocycles. The number of rotatable bonds is 5. The van der Waals surface area contributed by atoms with Crippen molar-refractivity contribution in [3.63, 3.8) is 0 Å². The van der Waals surface area contributed by atoms with Crippen LogP contribution < -0.4 is 5.32 Å². The van der Waals surface area contributed by atoms with Crippen molar-refractivity contribution >= 4 is 11.6 Å². The Labute approximate surface area is 144 Å². The third-order valence-corrected chi connectivity index (χ3v) is 5.24. The van der Waals surface area contributed by atoms with E-state index in [0.717, 1.165) is 37.9 Å². The van der Waals surface area contributed by atoms with Gasteiger partial charge in [0.2, 0.25) is 5.91 Å². The maximum Gasteiger partial charge on any atom is 0.238 e. The van der Waals surface area contributed by atoms with Crippen LogP contribution >= 0.6 is 0 Å². The van der Waals surface area contributed by atoms with E-state index >= 15 is 0 Å². The molecule has 0 aromatic heterocycles. The first-order valence-corrected chi connectivity index (χ1v) is 8.97. The lowest BCUT2D eigenvalue weighted by molar-refractivity contribution is -0.130. The molecule has 1 amide bonds. The third kappa shape index (κ3) is 3.97. The highest BCUT2D eigenvalue weighted by atomic mass is 16.5. The van der Waals surface area contributed by atoms with Crippen LogP contribution in [0.4, 0.5) is 5.69 Å². The quantitative estimate of drug-likeness (QED) is 0.900. The van der Waals surface area contributed by atoms with Crippen molar-refractivity contribution in [2.45, 2.75) is 50.9 Å². The lowest BCUT2D eigenvalue weighted by Crippen LogP contribution is -2.56. The number of methoxy groups -OCH3 is 1. The highest BCUT2D eigenvalue weighted by molar-refractivity contribution is 5.93. The SMILES string of the molecule is CCc1ccccc1NC(=O)CN1CCO[C@@H]2CC[C@H](OC)C[C@@H]21. The van der Waals surface area contributed by atoms with Crippen LogP contribution in [-0.2, 0) is 20.7 Å². The molecule has 1 aromatic rings. The van der Waals surface area contributed by atoms with E-state index in [1.165, 1.54) is 5.56 Å². The molecule has 24 heavy (non-hydrogen) atoms. The molecule has 0 unspecified atom stereocenters. The first-order chi connectivity index (χ1) is 11.7. The summed E-state index contributed by atoms with van der Waals surface area (Å²) in [7, 11) is 1.77. The van der Waals surface area contributed by atoms with Gasteiger partial charge in [-0.1, -0.05) is 25.1 Å². The molecule has 1 heterocycles. The van der Waals surface area contributed by atoms with Crippen LogP contribution in [0.15, 0.2) is 24.3 Å². The molecule has 132 valence electrons. The Kier molecular flexibility index (Phi) is 5.87. The molecule has 1 N–H and O–H groups in total. The number of carbonyl (C=O) groups is 1. The van der Waals surface area contributed by atoms with Crippen molar-refractivity contribution in [2.75, 3.05) is 32.1 Å². The fraction of sp³-hybridized carbons (Fsp3) is 0.632. The summed E-state index contributed by atoms with van der Waals surface area (Å²) < 4.78 is 11.4. The number of hydrogen-bond donors (Lipinski definition) is 1. The summed E-state index contributed by atoms with van der Waals surface area (Å²) in [5.41, 5.74) is 2.09. The van der Waals surface area contributed by atoms with Gasteiger partial charge in [-0.05, 0) is 37.3 Å². The largest absolute Gasteiger partial charge is 0.381 e. The smallest absolute Gasteiger partial charge is 0.238 e. The molecule has 1 saturated carbocycles. The number of ether oxygens (including phenoxy) is 2. The number of amides is 1. The first kappa shape index (κ1) is 17.4. The van der Waals surface area contributed by atoms with Crippen molar-refractivity contribution < 1.29 is 14.3 Å². The molecule has 1 aromatic carbocycles. The molecule has 0 radical (unpaired) electrons. The highest BCUT2D eigenvalue weighted by Gasteiger charge is 2.38. The Morgan fingerprint density at radius 3 is 3.00 bits per heavy atom. The number of nitrogens with one attached hydrogen (secondary N) is 1. The number of aryl methyl sites for hydroxylation is 1. The van der Waals surface area contributed by atoms with Gasteiger partial charge in [0.15, 0.2) is 0 Å². The summed E-state index contributed by atoms with van der Waals surface area (Å²) in [6, 6.07) is 8.28. The molecule has 5 heteroatoms. The number of nitrogens with zero attached hydrogens (tertiary/aromatic N) is 1. The fourth-order valence-corrected chi connectivity index (χ4v) is 3.88. The average Bonchev–Trinajstić information content (AvgIpc) is 2.62. The molecule has 0 spiro atoms. The predicted octanol–water partition coefficient (Wildman–Crippen LogP) is 2.46. The highest BCUT2D eigenvalue weighted by Crippen LogP contribution is 2.30. The first-order valence-electron chi connectivity index (χ1n) is 8.97. The van der Waals surface area contributed by atoms with Crippen molar-refractivity contribution in [3.05, 3.63) is 29.8 Å². The Bertz CT molecular complexity index is 563. The van der Waals surface area contributed by atoms with Crippen LogP contribution in [0.5, 0.6) is 0 Å². The van der Waals surface area contributed by atoms with E-state index in [2.05, 4.69) is 23.2 Å². The van der Waals surface area contributed by atoms with E-state index in [9.17, 15) is 4.79 Å². The van der Waals surface area contributed by atoms with Crippen molar-refractivity contribution in [2.24, 2.45) is 0 Å². The van der Waals surface area contributed by atoms with Gasteiger partial charge in [0.25, 0.3) is 0 Å². The van der Waals surface area contributed by atoms with E-state index in [1.807, 2.05) is 18.2 Å². The second-order valence-electron chi connectivity index (χ2n) is 6.68. The Morgan fingerprint density at radius 2 is 2.21 bits per heavy atom. The van der Waals surface area contributed by atoms with Crippen molar-refractivity contribution in [1.29, 1.82) is 0 Å². The summed E-state index contributed by atoms with van der Waals surface area (Å²) in [4.78, 5) is 14.8. The van der Waals surface area contributed by atoms with Crippen LogP contribution in [0.3, 0.4) is 0 Å². The van der Waals surface area contributed by atoms with Crippen molar-refractivity contribution in [3.8, 4) is 0 Å². The number of anilines is 1. The van der Waals surface area contributed by atoms with Crippen LogP contribution in [0, 0.1) is 0 Å². The summed E-state index contributed by atoms with van der Waals surface area (Å²) in [6.07, 6.45) is 4.43. The fourth-order valence-electron chi connectivity index (χ4n) is 3.88. The minimum Gasteiger partial charge on any atom is -0.381 e. The van der Waals surface area contributed by atoms with Crippen LogP contribution in [-0.4, -0.2) is 55.9 Å². The molecule has 1 saturated heterocycles. The van der Waals surface area contributed by atoms with E-state index < -0.39 is 0 Å². The molecule has 0 bridgehead atoms. The zero-order valence-electron chi connectivity index (χ0n) is 14.7. The molecule has 5 nitrogen and oxygen atoms in total. The predicted molar refractivity (Wildman–Crippen MR) is 94.2 cm³/mol. The van der Waals surface area contributed by atoms with Crippen LogP contribution in [0.25, 0.3) is 0 Å². The maximum absolute atomic E-state index is 12.5. The van der Waals surface area contributed by atoms with Crippen LogP contribution in [0.2, 0.25) is 0 Å². The van der Waals surface area contributed by atoms with Gasteiger partial charge in [-0.15, -0.1) is 0 Å². The Morgan fingerprint density at radius 1 is 1.38 bits per heavy atom. The lowest BCUT2D eigenvalue weighted by atomic mass is 9.88. The zero-order valence-corrected chi connectivity index (χ0v) is 14.7. The topological polar surface area (TPSA) is 50.8 Å². The summed E-state index contributed by atoms with van der Waals surface area (Å²) in [6.45, 7) is 4.03. The van der Waals surface area contributed by atoms with Gasteiger partial charge >= 0.3 is 0 Å². The molecule has 2 fully saturated rings. The van der Waals surface area contributed by atoms with E-state index in [-0.39, 0.29) is 24.2 Å². The Balaban J connectivity index is 1.62. The molecule has 3 atom stereocenters. The second-order valence-corrected chi connectivity index (χ2v) is 6.68. The lowest BCUT2D eigenvalue weighted by Gasteiger charge is -2.45. The number of morpholine rings is 1. The third-order valence-electron chi connectivity index (χ3n) is 5.24. The van der Waals surface area contributed by atoms with E-state index in [1.54, 1.807) is 7.11 Å². The zero-order chi connectivity index (χ0) is 16.9. The van der Waals surface area contributed by atoms with Gasteiger partial charge in [0.05, 0.1) is 25.4 Å². The standard InChI is InChI=1S/C19H28N2O3/c1-3-14-6-4-5-7-16(14)20-19(22)13-21-10-11-24-18-9-8-15(23-2)12-17(18)21/h4-7,15,17-18H,3,8-13H2,1-2H3,(H,20,22)/t15-,17-,18+/m0/s1. The van der Waals surface area contributed by atoms with Gasteiger partial charge in [-0.2, -0.15) is 0 Å². The van der Waals surface area contributed by atoms with E-state index in [4.69, 9.17) is 9.47 Å². The van der Waals surface area contributed by atoms with Crippen LogP contribution in [0.1, 0.15) is 31.7 Å². The van der Waals surface area contributed by atoms with Gasteiger partial charge in [-0.3, -0.25) is 9.69 Å². The summed E-state index contributed by atoms with van der Waals surface area (Å²) in [5.74, 6) is 0.0519. The minimum absolute atomic E-state index is 0.0519. The normalized spacial score (nSPS) is 27.5. The molecule has 3 rings (SSSR count). The second kappa shape index (κ2) is 8.10. The van der Waals surface area contributed by atoms with Gasteiger partial charge in [0, 0.05) is 25.4 Å². The van der Waals surface area contributed by atoms with E-state index in [0.29, 0.717) is 13.2 Å². The number of benzene rings is 1. The monoisotopic (exact) mass is 332 g/mol. The number of fused-ring (bicyclic) bond motifs is 1. The van der Waals surface area contributed by atoms with Gasteiger partial charge < -0.3 is 14.8 Å². The number of hydrogen-bond acceptors (Lipinski definition) is 4. The minimum atomic E-state index is 0.0519. The Hall–Kier alpha value is -1.43.